The highest BCUT2D eigenvalue weighted by molar-refractivity contribution is 6.31. The van der Waals surface area contributed by atoms with Gasteiger partial charge in [-0.25, -0.2) is 4.39 Å². The second-order valence-corrected chi connectivity index (χ2v) is 6.14. The Balaban J connectivity index is 1.60. The predicted molar refractivity (Wildman–Crippen MR) is 92.0 cm³/mol. The first-order valence-corrected chi connectivity index (χ1v) is 8.07. The van der Waals surface area contributed by atoms with Gasteiger partial charge in [0.15, 0.2) is 0 Å². The summed E-state index contributed by atoms with van der Waals surface area (Å²) >= 11 is 6.08. The number of rotatable bonds is 4. The molecule has 126 valence electrons. The van der Waals surface area contributed by atoms with Gasteiger partial charge in [0.1, 0.15) is 5.82 Å². The zero-order valence-corrected chi connectivity index (χ0v) is 13.7. The fraction of sp³-hybridized carbons (Fsp3) is 0.294. The van der Waals surface area contributed by atoms with E-state index < -0.39 is 4.92 Å². The highest BCUT2D eigenvalue weighted by Gasteiger charge is 2.20. The smallest absolute Gasteiger partial charge is 0.269 e. The molecular formula is C17H17ClFN3O2. The van der Waals surface area contributed by atoms with E-state index in [1.165, 1.54) is 18.2 Å². The lowest BCUT2D eigenvalue weighted by atomic mass is 10.1. The molecule has 7 heteroatoms. The van der Waals surface area contributed by atoms with Crippen LogP contribution in [0.3, 0.4) is 0 Å². The van der Waals surface area contributed by atoms with E-state index in [0.717, 1.165) is 31.9 Å². The molecule has 2 aromatic rings. The summed E-state index contributed by atoms with van der Waals surface area (Å²) in [6, 6.07) is 11.3. The average molecular weight is 350 g/mol. The van der Waals surface area contributed by atoms with Crippen LogP contribution < -0.4 is 4.90 Å². The third-order valence-electron chi connectivity index (χ3n) is 4.24. The van der Waals surface area contributed by atoms with Gasteiger partial charge >= 0.3 is 0 Å². The Morgan fingerprint density at radius 1 is 1.08 bits per heavy atom. The molecule has 1 saturated heterocycles. The van der Waals surface area contributed by atoms with Gasteiger partial charge < -0.3 is 4.90 Å². The van der Waals surface area contributed by atoms with Crippen LogP contribution in [0, 0.1) is 15.9 Å². The molecule has 5 nitrogen and oxygen atoms in total. The Hall–Kier alpha value is -2.18. The summed E-state index contributed by atoms with van der Waals surface area (Å²) in [6.07, 6.45) is 0. The van der Waals surface area contributed by atoms with E-state index in [9.17, 15) is 14.5 Å². The molecule has 0 unspecified atom stereocenters. The van der Waals surface area contributed by atoms with Crippen LogP contribution in [0.15, 0.2) is 42.5 Å². The monoisotopic (exact) mass is 349 g/mol. The molecule has 0 saturated carbocycles. The number of nitro groups is 1. The SMILES string of the molecule is O=[N+]([O-])c1ccc(N2CCN(Cc3c(F)cccc3Cl)CC2)cc1. The van der Waals surface area contributed by atoms with Crippen molar-refractivity contribution in [3.63, 3.8) is 0 Å². The lowest BCUT2D eigenvalue weighted by Gasteiger charge is -2.36. The zero-order valence-electron chi connectivity index (χ0n) is 13.0. The first-order valence-electron chi connectivity index (χ1n) is 7.69. The molecule has 1 aliphatic heterocycles. The molecule has 1 fully saturated rings. The first kappa shape index (κ1) is 16.7. The van der Waals surface area contributed by atoms with Crippen LogP contribution in [-0.4, -0.2) is 36.0 Å². The van der Waals surface area contributed by atoms with Crippen molar-refractivity contribution < 1.29 is 9.31 Å². The first-order chi connectivity index (χ1) is 11.5. The second-order valence-electron chi connectivity index (χ2n) is 5.74. The van der Waals surface area contributed by atoms with E-state index in [-0.39, 0.29) is 11.5 Å². The van der Waals surface area contributed by atoms with Crippen LogP contribution in [0.25, 0.3) is 0 Å². The summed E-state index contributed by atoms with van der Waals surface area (Å²) in [5.74, 6) is -0.278. The maximum atomic E-state index is 13.9. The van der Waals surface area contributed by atoms with Gasteiger partial charge in [-0.3, -0.25) is 15.0 Å². The molecule has 0 N–H and O–H groups in total. The Morgan fingerprint density at radius 3 is 2.33 bits per heavy atom. The van der Waals surface area contributed by atoms with Crippen molar-refractivity contribution in [1.82, 2.24) is 4.90 Å². The number of nitrogens with zero attached hydrogens (tertiary/aromatic N) is 3. The zero-order chi connectivity index (χ0) is 17.1. The molecule has 0 spiro atoms. The summed E-state index contributed by atoms with van der Waals surface area (Å²) in [5.41, 5.74) is 1.58. The number of hydrogen-bond donors (Lipinski definition) is 0. The lowest BCUT2D eigenvalue weighted by Crippen LogP contribution is -2.46. The standard InChI is InChI=1S/C17H17ClFN3O2/c18-16-2-1-3-17(19)15(16)12-20-8-10-21(11-9-20)13-4-6-14(7-5-13)22(23)24/h1-7H,8-12H2. The van der Waals surface area contributed by atoms with Crippen molar-refractivity contribution in [3.05, 3.63) is 69.0 Å². The van der Waals surface area contributed by atoms with Crippen LogP contribution in [0.4, 0.5) is 15.8 Å². The van der Waals surface area contributed by atoms with E-state index in [2.05, 4.69) is 9.80 Å². The van der Waals surface area contributed by atoms with E-state index >= 15 is 0 Å². The number of benzene rings is 2. The number of hydrogen-bond acceptors (Lipinski definition) is 4. The highest BCUT2D eigenvalue weighted by atomic mass is 35.5. The molecule has 0 radical (unpaired) electrons. The fourth-order valence-corrected chi connectivity index (χ4v) is 3.08. The summed E-state index contributed by atoms with van der Waals surface area (Å²) in [4.78, 5) is 14.6. The largest absolute Gasteiger partial charge is 0.369 e. The number of non-ortho nitro benzene ring substituents is 1. The van der Waals surface area contributed by atoms with Crippen molar-refractivity contribution in [2.24, 2.45) is 0 Å². The van der Waals surface area contributed by atoms with Crippen LogP contribution >= 0.6 is 11.6 Å². The number of piperazine rings is 1. The number of anilines is 1. The highest BCUT2D eigenvalue weighted by Crippen LogP contribution is 2.23. The van der Waals surface area contributed by atoms with Gasteiger partial charge in [0.25, 0.3) is 5.69 Å². The number of nitro benzene ring substituents is 1. The Bertz CT molecular complexity index is 711. The van der Waals surface area contributed by atoms with Crippen LogP contribution in [0.1, 0.15) is 5.56 Å². The average Bonchev–Trinajstić information content (AvgIpc) is 2.59. The van der Waals surface area contributed by atoms with Gasteiger partial charge in [-0.2, -0.15) is 0 Å². The van der Waals surface area contributed by atoms with Gasteiger partial charge in [-0.1, -0.05) is 17.7 Å². The third-order valence-corrected chi connectivity index (χ3v) is 4.60. The summed E-state index contributed by atoms with van der Waals surface area (Å²) in [5, 5.41) is 11.2. The third kappa shape index (κ3) is 3.66. The summed E-state index contributed by atoms with van der Waals surface area (Å²) in [7, 11) is 0. The molecule has 0 atom stereocenters. The molecule has 0 aliphatic carbocycles. The van der Waals surface area contributed by atoms with Gasteiger partial charge in [0.05, 0.1) is 4.92 Å². The fourth-order valence-electron chi connectivity index (χ4n) is 2.86. The molecule has 1 heterocycles. The van der Waals surface area contributed by atoms with E-state index in [1.54, 1.807) is 24.3 Å². The molecular weight excluding hydrogens is 333 g/mol. The summed E-state index contributed by atoms with van der Waals surface area (Å²) < 4.78 is 13.9. The van der Waals surface area contributed by atoms with Gasteiger partial charge in [-0.05, 0) is 24.3 Å². The molecule has 0 aromatic heterocycles. The van der Waals surface area contributed by atoms with Crippen molar-refractivity contribution >= 4 is 23.0 Å². The Morgan fingerprint density at radius 2 is 1.75 bits per heavy atom. The van der Waals surface area contributed by atoms with Crippen molar-refractivity contribution in [1.29, 1.82) is 0 Å². The van der Waals surface area contributed by atoms with Gasteiger partial charge in [0, 0.05) is 61.1 Å². The summed E-state index contributed by atoms with van der Waals surface area (Å²) in [6.45, 7) is 3.61. The maximum absolute atomic E-state index is 13.9. The van der Waals surface area contributed by atoms with Gasteiger partial charge in [-0.15, -0.1) is 0 Å². The Kier molecular flexibility index (Phi) is 4.97. The molecule has 2 aromatic carbocycles. The quantitative estimate of drug-likeness (QED) is 0.623. The van der Waals surface area contributed by atoms with E-state index in [1.807, 2.05) is 0 Å². The normalized spacial score (nSPS) is 15.5. The minimum atomic E-state index is -0.403. The van der Waals surface area contributed by atoms with Gasteiger partial charge in [0.2, 0.25) is 0 Å². The molecule has 3 rings (SSSR count). The Labute approximate surface area is 144 Å². The van der Waals surface area contributed by atoms with Crippen LogP contribution in [0.2, 0.25) is 5.02 Å². The van der Waals surface area contributed by atoms with Crippen LogP contribution in [-0.2, 0) is 6.54 Å². The van der Waals surface area contributed by atoms with Crippen molar-refractivity contribution in [2.75, 3.05) is 31.1 Å². The topological polar surface area (TPSA) is 49.6 Å². The maximum Gasteiger partial charge on any atom is 0.269 e. The second kappa shape index (κ2) is 7.15. The lowest BCUT2D eigenvalue weighted by molar-refractivity contribution is -0.384. The van der Waals surface area contributed by atoms with E-state index in [0.29, 0.717) is 17.1 Å². The minimum absolute atomic E-state index is 0.0894. The number of halogens is 2. The van der Waals surface area contributed by atoms with Crippen LogP contribution in [0.5, 0.6) is 0 Å². The van der Waals surface area contributed by atoms with Crippen molar-refractivity contribution in [3.8, 4) is 0 Å². The van der Waals surface area contributed by atoms with Crippen molar-refractivity contribution in [2.45, 2.75) is 6.54 Å². The van der Waals surface area contributed by atoms with E-state index in [4.69, 9.17) is 11.6 Å². The molecule has 0 amide bonds. The minimum Gasteiger partial charge on any atom is -0.369 e. The molecule has 0 bridgehead atoms. The predicted octanol–water partition coefficient (Wildman–Crippen LogP) is 3.71. The molecule has 24 heavy (non-hydrogen) atoms. The molecule has 1 aliphatic rings.